The average molecular weight is 357 g/mol. The molecule has 0 heterocycles. The summed E-state index contributed by atoms with van der Waals surface area (Å²) in [6.45, 7) is 2.22. The summed E-state index contributed by atoms with van der Waals surface area (Å²) in [5.41, 5.74) is 2.32. The molecule has 2 rings (SSSR count). The van der Waals surface area contributed by atoms with Gasteiger partial charge in [-0.1, -0.05) is 33.6 Å². The van der Waals surface area contributed by atoms with E-state index in [9.17, 15) is 9.18 Å². The molecule has 1 N–H and O–H groups in total. The Morgan fingerprint density at radius 1 is 1.30 bits per heavy atom. The fourth-order valence-corrected chi connectivity index (χ4v) is 2.17. The molecule has 1 amide bonds. The zero-order valence-electron chi connectivity index (χ0n) is 10.7. The van der Waals surface area contributed by atoms with E-state index in [1.165, 1.54) is 12.1 Å². The van der Waals surface area contributed by atoms with Crippen LogP contribution in [0.3, 0.4) is 0 Å². The van der Waals surface area contributed by atoms with Gasteiger partial charge in [0.2, 0.25) is 0 Å². The summed E-state index contributed by atoms with van der Waals surface area (Å²) in [7, 11) is 0. The number of amides is 1. The van der Waals surface area contributed by atoms with Crippen LogP contribution in [0.5, 0.6) is 0 Å². The van der Waals surface area contributed by atoms with Crippen molar-refractivity contribution in [2.45, 2.75) is 13.5 Å². The molecule has 0 aliphatic rings. The van der Waals surface area contributed by atoms with Gasteiger partial charge in [0, 0.05) is 16.6 Å². The number of carbonyl (C=O) groups is 1. The molecular formula is C15H12BrClFNO. The first kappa shape index (κ1) is 15.0. The number of benzene rings is 2. The van der Waals surface area contributed by atoms with Crippen LogP contribution in [0.2, 0.25) is 5.02 Å². The van der Waals surface area contributed by atoms with Crippen LogP contribution in [0.4, 0.5) is 4.39 Å². The molecule has 104 valence electrons. The molecule has 0 spiro atoms. The number of carbonyl (C=O) groups excluding carboxylic acids is 1. The molecule has 0 bridgehead atoms. The second-order valence-electron chi connectivity index (χ2n) is 4.40. The molecule has 2 aromatic rings. The first-order chi connectivity index (χ1) is 9.47. The van der Waals surface area contributed by atoms with Gasteiger partial charge >= 0.3 is 0 Å². The summed E-state index contributed by atoms with van der Waals surface area (Å²) >= 11 is 9.08. The second kappa shape index (κ2) is 6.37. The third kappa shape index (κ3) is 3.58. The predicted molar refractivity (Wildman–Crippen MR) is 81.5 cm³/mol. The third-order valence-corrected chi connectivity index (χ3v) is 4.04. The maximum Gasteiger partial charge on any atom is 0.251 e. The SMILES string of the molecule is Cc1cc(C(=O)NCc2ccc(F)c(Cl)c2)ccc1Br. The van der Waals surface area contributed by atoms with Gasteiger partial charge in [0.05, 0.1) is 5.02 Å². The maximum absolute atomic E-state index is 13.0. The first-order valence-electron chi connectivity index (χ1n) is 5.95. The standard InChI is InChI=1S/C15H12BrClFNO/c1-9-6-11(3-4-12(9)16)15(20)19-8-10-2-5-14(18)13(17)7-10/h2-7H,8H2,1H3,(H,19,20). The molecule has 2 aromatic carbocycles. The molecule has 0 fully saturated rings. The van der Waals surface area contributed by atoms with Crippen LogP contribution in [0.25, 0.3) is 0 Å². The molecule has 2 nitrogen and oxygen atoms in total. The molecule has 0 saturated carbocycles. The van der Waals surface area contributed by atoms with Gasteiger partial charge in [-0.2, -0.15) is 0 Å². The Hall–Kier alpha value is -1.39. The summed E-state index contributed by atoms with van der Waals surface area (Å²) < 4.78 is 14.0. The van der Waals surface area contributed by atoms with Gasteiger partial charge in [-0.05, 0) is 48.4 Å². The molecular weight excluding hydrogens is 345 g/mol. The summed E-state index contributed by atoms with van der Waals surface area (Å²) in [4.78, 5) is 12.0. The number of halogens is 3. The number of rotatable bonds is 3. The van der Waals surface area contributed by atoms with E-state index in [-0.39, 0.29) is 10.9 Å². The van der Waals surface area contributed by atoms with E-state index in [4.69, 9.17) is 11.6 Å². The maximum atomic E-state index is 13.0. The predicted octanol–water partition coefficient (Wildman–Crippen LogP) is 4.48. The van der Waals surface area contributed by atoms with Crippen LogP contribution in [-0.4, -0.2) is 5.91 Å². The quantitative estimate of drug-likeness (QED) is 0.863. The monoisotopic (exact) mass is 355 g/mol. The lowest BCUT2D eigenvalue weighted by atomic mass is 10.1. The minimum atomic E-state index is -0.467. The largest absolute Gasteiger partial charge is 0.348 e. The molecule has 0 atom stereocenters. The topological polar surface area (TPSA) is 29.1 Å². The second-order valence-corrected chi connectivity index (χ2v) is 5.66. The van der Waals surface area contributed by atoms with Crippen LogP contribution in [0.1, 0.15) is 21.5 Å². The normalized spacial score (nSPS) is 10.4. The Morgan fingerprint density at radius 3 is 2.70 bits per heavy atom. The zero-order chi connectivity index (χ0) is 14.7. The van der Waals surface area contributed by atoms with Gasteiger partial charge in [-0.3, -0.25) is 4.79 Å². The van der Waals surface area contributed by atoms with Crippen molar-refractivity contribution >= 4 is 33.4 Å². The summed E-state index contributed by atoms with van der Waals surface area (Å²) in [5, 5.41) is 2.83. The van der Waals surface area contributed by atoms with Crippen LogP contribution in [-0.2, 0) is 6.54 Å². The van der Waals surface area contributed by atoms with Crippen molar-refractivity contribution in [1.29, 1.82) is 0 Å². The van der Waals surface area contributed by atoms with Gasteiger partial charge in [0.25, 0.3) is 5.91 Å². The highest BCUT2D eigenvalue weighted by molar-refractivity contribution is 9.10. The van der Waals surface area contributed by atoms with Gasteiger partial charge in [-0.15, -0.1) is 0 Å². The Bertz CT molecular complexity index is 660. The van der Waals surface area contributed by atoms with E-state index in [2.05, 4.69) is 21.2 Å². The molecule has 20 heavy (non-hydrogen) atoms. The molecule has 0 aromatic heterocycles. The van der Waals surface area contributed by atoms with Crippen molar-refractivity contribution < 1.29 is 9.18 Å². The van der Waals surface area contributed by atoms with Gasteiger partial charge in [0.15, 0.2) is 0 Å². The Balaban J connectivity index is 2.04. The summed E-state index contributed by atoms with van der Waals surface area (Å²) in [6, 6.07) is 9.76. The highest BCUT2D eigenvalue weighted by Crippen LogP contribution is 2.18. The van der Waals surface area contributed by atoms with Crippen LogP contribution < -0.4 is 5.32 Å². The van der Waals surface area contributed by atoms with Crippen LogP contribution in [0, 0.1) is 12.7 Å². The molecule has 0 radical (unpaired) electrons. The van der Waals surface area contributed by atoms with Gasteiger partial charge < -0.3 is 5.32 Å². The Kier molecular flexibility index (Phi) is 4.78. The van der Waals surface area contributed by atoms with Crippen LogP contribution >= 0.6 is 27.5 Å². The van der Waals surface area contributed by atoms with E-state index >= 15 is 0 Å². The van der Waals surface area contributed by atoms with Crippen molar-refractivity contribution in [2.75, 3.05) is 0 Å². The van der Waals surface area contributed by atoms with E-state index in [1.807, 2.05) is 13.0 Å². The molecule has 0 unspecified atom stereocenters. The van der Waals surface area contributed by atoms with E-state index in [0.29, 0.717) is 12.1 Å². The number of nitrogens with one attached hydrogen (secondary N) is 1. The minimum Gasteiger partial charge on any atom is -0.348 e. The fourth-order valence-electron chi connectivity index (χ4n) is 1.72. The van der Waals surface area contributed by atoms with Crippen LogP contribution in [0.15, 0.2) is 40.9 Å². The Morgan fingerprint density at radius 2 is 2.05 bits per heavy atom. The fraction of sp³-hybridized carbons (Fsp3) is 0.133. The van der Waals surface area contributed by atoms with Crippen molar-refractivity contribution in [3.63, 3.8) is 0 Å². The lowest BCUT2D eigenvalue weighted by Crippen LogP contribution is -2.22. The van der Waals surface area contributed by atoms with Crippen molar-refractivity contribution in [2.24, 2.45) is 0 Å². The molecule has 5 heteroatoms. The number of hydrogen-bond acceptors (Lipinski definition) is 1. The Labute approximate surface area is 130 Å². The van der Waals surface area contributed by atoms with Gasteiger partial charge in [-0.25, -0.2) is 4.39 Å². The van der Waals surface area contributed by atoms with E-state index in [1.54, 1.807) is 18.2 Å². The number of hydrogen-bond donors (Lipinski definition) is 1. The highest BCUT2D eigenvalue weighted by atomic mass is 79.9. The van der Waals surface area contributed by atoms with Crippen molar-refractivity contribution in [3.8, 4) is 0 Å². The van der Waals surface area contributed by atoms with Crippen molar-refractivity contribution in [3.05, 3.63) is 68.4 Å². The molecule has 0 aliphatic carbocycles. The number of aryl methyl sites for hydroxylation is 1. The zero-order valence-corrected chi connectivity index (χ0v) is 13.1. The van der Waals surface area contributed by atoms with Crippen molar-refractivity contribution in [1.82, 2.24) is 5.32 Å². The first-order valence-corrected chi connectivity index (χ1v) is 7.13. The van der Waals surface area contributed by atoms with E-state index < -0.39 is 5.82 Å². The highest BCUT2D eigenvalue weighted by Gasteiger charge is 2.07. The smallest absolute Gasteiger partial charge is 0.251 e. The molecule has 0 saturated heterocycles. The summed E-state index contributed by atoms with van der Waals surface area (Å²) in [5.74, 6) is -0.647. The summed E-state index contributed by atoms with van der Waals surface area (Å²) in [6.07, 6.45) is 0. The van der Waals surface area contributed by atoms with Gasteiger partial charge in [0.1, 0.15) is 5.82 Å². The average Bonchev–Trinajstić information content (AvgIpc) is 2.43. The minimum absolute atomic E-state index is 0.0521. The van der Waals surface area contributed by atoms with E-state index in [0.717, 1.165) is 15.6 Å². The lowest BCUT2D eigenvalue weighted by Gasteiger charge is -2.07. The lowest BCUT2D eigenvalue weighted by molar-refractivity contribution is 0.0951. The molecule has 0 aliphatic heterocycles. The third-order valence-electron chi connectivity index (χ3n) is 2.86.